The molecule has 6 nitrogen and oxygen atoms in total. The van der Waals surface area contributed by atoms with Crippen LogP contribution in [0.2, 0.25) is 5.02 Å². The van der Waals surface area contributed by atoms with Crippen molar-refractivity contribution < 1.29 is 18.7 Å². The van der Waals surface area contributed by atoms with Gasteiger partial charge in [0, 0.05) is 5.56 Å². The third-order valence-corrected chi connectivity index (χ3v) is 3.83. The van der Waals surface area contributed by atoms with Crippen LogP contribution in [0.25, 0.3) is 11.5 Å². The van der Waals surface area contributed by atoms with E-state index in [0.717, 1.165) is 11.3 Å². The van der Waals surface area contributed by atoms with Crippen LogP contribution in [0, 0.1) is 0 Å². The van der Waals surface area contributed by atoms with E-state index in [-0.39, 0.29) is 11.5 Å². The number of esters is 1. The van der Waals surface area contributed by atoms with Crippen molar-refractivity contribution >= 4 is 17.6 Å². The van der Waals surface area contributed by atoms with Gasteiger partial charge in [-0.15, -0.1) is 10.2 Å². The van der Waals surface area contributed by atoms with Crippen LogP contribution in [-0.4, -0.2) is 23.3 Å². The average Bonchev–Trinajstić information content (AvgIpc) is 3.12. The first-order chi connectivity index (χ1) is 12.1. The van der Waals surface area contributed by atoms with Gasteiger partial charge in [0.15, 0.2) is 6.10 Å². The van der Waals surface area contributed by atoms with Crippen molar-refractivity contribution in [2.24, 2.45) is 0 Å². The van der Waals surface area contributed by atoms with Crippen molar-refractivity contribution in [3.05, 3.63) is 65.0 Å². The molecular formula is C18H15ClN2O4. The Morgan fingerprint density at radius 2 is 1.84 bits per heavy atom. The number of hydrogen-bond donors (Lipinski definition) is 0. The van der Waals surface area contributed by atoms with Crippen LogP contribution < -0.4 is 4.74 Å². The SMILES string of the molecule is COc1ccc(-c2nnc([C@@H](C)OC(=O)c3ccccc3Cl)o2)cc1. The van der Waals surface area contributed by atoms with Gasteiger partial charge < -0.3 is 13.9 Å². The van der Waals surface area contributed by atoms with Gasteiger partial charge in [-0.05, 0) is 43.3 Å². The number of ether oxygens (including phenoxy) is 2. The first-order valence-corrected chi connectivity index (χ1v) is 7.89. The number of carbonyl (C=O) groups is 1. The van der Waals surface area contributed by atoms with Gasteiger partial charge in [-0.1, -0.05) is 23.7 Å². The summed E-state index contributed by atoms with van der Waals surface area (Å²) in [5, 5.41) is 8.26. The zero-order valence-electron chi connectivity index (χ0n) is 13.6. The number of rotatable bonds is 5. The summed E-state index contributed by atoms with van der Waals surface area (Å²) in [6.45, 7) is 1.65. The zero-order valence-corrected chi connectivity index (χ0v) is 14.4. The number of carbonyl (C=O) groups excluding carboxylic acids is 1. The third-order valence-electron chi connectivity index (χ3n) is 3.50. The summed E-state index contributed by atoms with van der Waals surface area (Å²) in [5.41, 5.74) is 1.02. The molecule has 1 aromatic heterocycles. The second kappa shape index (κ2) is 7.36. The van der Waals surface area contributed by atoms with Crippen LogP contribution in [0.5, 0.6) is 5.75 Å². The van der Waals surface area contributed by atoms with Crippen LogP contribution in [-0.2, 0) is 4.74 Å². The Balaban J connectivity index is 1.73. The van der Waals surface area contributed by atoms with Crippen LogP contribution >= 0.6 is 11.6 Å². The number of halogens is 1. The van der Waals surface area contributed by atoms with E-state index < -0.39 is 12.1 Å². The maximum atomic E-state index is 12.2. The lowest BCUT2D eigenvalue weighted by atomic mass is 10.2. The summed E-state index contributed by atoms with van der Waals surface area (Å²) in [6, 6.07) is 13.8. The highest BCUT2D eigenvalue weighted by Gasteiger charge is 2.21. The summed E-state index contributed by atoms with van der Waals surface area (Å²) >= 11 is 5.99. The molecule has 0 radical (unpaired) electrons. The fourth-order valence-corrected chi connectivity index (χ4v) is 2.36. The number of benzene rings is 2. The van der Waals surface area contributed by atoms with E-state index in [9.17, 15) is 4.79 Å². The van der Waals surface area contributed by atoms with E-state index in [2.05, 4.69) is 10.2 Å². The fourth-order valence-electron chi connectivity index (χ4n) is 2.15. The summed E-state index contributed by atoms with van der Waals surface area (Å²) in [7, 11) is 1.59. The molecule has 128 valence electrons. The molecule has 0 amide bonds. The molecule has 0 saturated heterocycles. The molecule has 7 heteroatoms. The predicted molar refractivity (Wildman–Crippen MR) is 91.6 cm³/mol. The molecule has 0 aliphatic rings. The van der Waals surface area contributed by atoms with Crippen molar-refractivity contribution in [2.75, 3.05) is 7.11 Å². The smallest absolute Gasteiger partial charge is 0.340 e. The van der Waals surface area contributed by atoms with Gasteiger partial charge in [0.05, 0.1) is 17.7 Å². The fraction of sp³-hybridized carbons (Fsp3) is 0.167. The summed E-state index contributed by atoms with van der Waals surface area (Å²) < 4.78 is 16.1. The molecule has 3 rings (SSSR count). The van der Waals surface area contributed by atoms with E-state index in [0.29, 0.717) is 10.9 Å². The van der Waals surface area contributed by atoms with E-state index in [1.165, 1.54) is 0 Å². The topological polar surface area (TPSA) is 74.5 Å². The Bertz CT molecular complexity index is 877. The van der Waals surface area contributed by atoms with Gasteiger partial charge in [0.25, 0.3) is 5.89 Å². The highest BCUT2D eigenvalue weighted by molar-refractivity contribution is 6.33. The number of methoxy groups -OCH3 is 1. The van der Waals surface area contributed by atoms with Crippen molar-refractivity contribution in [3.8, 4) is 17.2 Å². The summed E-state index contributed by atoms with van der Waals surface area (Å²) in [5.74, 6) is 0.706. The van der Waals surface area contributed by atoms with Crippen LogP contribution in [0.3, 0.4) is 0 Å². The van der Waals surface area contributed by atoms with Gasteiger partial charge >= 0.3 is 5.97 Å². The maximum absolute atomic E-state index is 12.2. The third kappa shape index (κ3) is 3.80. The predicted octanol–water partition coefficient (Wildman–Crippen LogP) is 4.32. The molecule has 0 aliphatic heterocycles. The molecule has 0 bridgehead atoms. The van der Waals surface area contributed by atoms with Crippen molar-refractivity contribution in [1.29, 1.82) is 0 Å². The van der Waals surface area contributed by atoms with Crippen molar-refractivity contribution in [3.63, 3.8) is 0 Å². The van der Waals surface area contributed by atoms with Gasteiger partial charge in [0.1, 0.15) is 5.75 Å². The molecule has 1 heterocycles. The lowest BCUT2D eigenvalue weighted by molar-refractivity contribution is 0.0280. The van der Waals surface area contributed by atoms with Crippen molar-refractivity contribution in [1.82, 2.24) is 10.2 Å². The Morgan fingerprint density at radius 1 is 1.12 bits per heavy atom. The number of aromatic nitrogens is 2. The Morgan fingerprint density at radius 3 is 2.52 bits per heavy atom. The molecule has 0 aliphatic carbocycles. The molecule has 2 aromatic carbocycles. The minimum Gasteiger partial charge on any atom is -0.497 e. The van der Waals surface area contributed by atoms with Crippen LogP contribution in [0.15, 0.2) is 52.9 Å². The largest absolute Gasteiger partial charge is 0.497 e. The van der Waals surface area contributed by atoms with E-state index in [1.54, 1.807) is 62.6 Å². The molecule has 0 spiro atoms. The lowest BCUT2D eigenvalue weighted by Gasteiger charge is -2.10. The quantitative estimate of drug-likeness (QED) is 0.632. The Kier molecular flexibility index (Phi) is 5.00. The molecular weight excluding hydrogens is 344 g/mol. The molecule has 0 fully saturated rings. The first-order valence-electron chi connectivity index (χ1n) is 7.52. The lowest BCUT2D eigenvalue weighted by Crippen LogP contribution is -2.10. The van der Waals surface area contributed by atoms with Crippen LogP contribution in [0.1, 0.15) is 29.3 Å². The first kappa shape index (κ1) is 17.0. The van der Waals surface area contributed by atoms with Gasteiger partial charge in [0.2, 0.25) is 5.89 Å². The average molecular weight is 359 g/mol. The highest BCUT2D eigenvalue weighted by Crippen LogP contribution is 2.25. The van der Waals surface area contributed by atoms with E-state index in [4.69, 9.17) is 25.5 Å². The molecule has 0 N–H and O–H groups in total. The Labute approximate surface area is 149 Å². The zero-order chi connectivity index (χ0) is 17.8. The summed E-state index contributed by atoms with van der Waals surface area (Å²) in [4.78, 5) is 12.2. The van der Waals surface area contributed by atoms with Gasteiger partial charge in [-0.25, -0.2) is 4.79 Å². The minimum absolute atomic E-state index is 0.200. The summed E-state index contributed by atoms with van der Waals surface area (Å²) in [6.07, 6.45) is -0.705. The minimum atomic E-state index is -0.705. The molecule has 25 heavy (non-hydrogen) atoms. The molecule has 1 atom stereocenters. The van der Waals surface area contributed by atoms with Gasteiger partial charge in [-0.2, -0.15) is 0 Å². The van der Waals surface area contributed by atoms with E-state index in [1.807, 2.05) is 0 Å². The molecule has 0 unspecified atom stereocenters. The number of nitrogens with zero attached hydrogens (tertiary/aromatic N) is 2. The number of hydrogen-bond acceptors (Lipinski definition) is 6. The normalized spacial score (nSPS) is 11.8. The highest BCUT2D eigenvalue weighted by atomic mass is 35.5. The van der Waals surface area contributed by atoms with Gasteiger partial charge in [-0.3, -0.25) is 0 Å². The van der Waals surface area contributed by atoms with Crippen molar-refractivity contribution in [2.45, 2.75) is 13.0 Å². The monoisotopic (exact) mass is 358 g/mol. The second-order valence-electron chi connectivity index (χ2n) is 5.20. The second-order valence-corrected chi connectivity index (χ2v) is 5.61. The molecule has 3 aromatic rings. The standard InChI is InChI=1S/C18H15ClN2O4/c1-11(24-18(22)14-5-3-4-6-15(14)19)16-20-21-17(25-16)12-7-9-13(23-2)10-8-12/h3-11H,1-2H3/t11-/m1/s1. The Hall–Kier alpha value is -2.86. The molecule has 0 saturated carbocycles. The van der Waals surface area contributed by atoms with Crippen LogP contribution in [0.4, 0.5) is 0 Å². The maximum Gasteiger partial charge on any atom is 0.340 e. The van der Waals surface area contributed by atoms with E-state index >= 15 is 0 Å².